The Morgan fingerprint density at radius 2 is 1.40 bits per heavy atom. The number of hydrogen-bond acceptors (Lipinski definition) is 7. The third-order valence-corrected chi connectivity index (χ3v) is 3.67. The molecule has 0 aliphatic carbocycles. The lowest BCUT2D eigenvalue weighted by Crippen LogP contribution is -2.28. The van der Waals surface area contributed by atoms with Crippen molar-refractivity contribution in [2.24, 2.45) is 23.1 Å². The van der Waals surface area contributed by atoms with Crippen LogP contribution in [0.1, 0.15) is 40.9 Å². The van der Waals surface area contributed by atoms with Crippen molar-refractivity contribution in [2.45, 2.75) is 20.3 Å². The number of nitrogens with zero attached hydrogens (tertiary/aromatic N) is 2. The molecule has 25 heavy (non-hydrogen) atoms. The van der Waals surface area contributed by atoms with Gasteiger partial charge in [0.1, 0.15) is 15.5 Å². The summed E-state index contributed by atoms with van der Waals surface area (Å²) in [5.74, 6) is -1.28. The first-order valence-electron chi connectivity index (χ1n) is 6.82. The van der Waals surface area contributed by atoms with E-state index in [4.69, 9.17) is 41.6 Å². The molecule has 0 aliphatic heterocycles. The summed E-state index contributed by atoms with van der Waals surface area (Å²) in [6.45, 7) is 3.47. The number of thiocarbonyl (C=S) groups is 2. The number of rotatable bonds is 7. The van der Waals surface area contributed by atoms with Gasteiger partial charge in [0.05, 0.1) is 15.4 Å². The molecule has 1 amide bonds. The predicted octanol–water partition coefficient (Wildman–Crippen LogP) is 1.07. The maximum absolute atomic E-state index is 12.0. The molecule has 0 saturated heterocycles. The highest BCUT2D eigenvalue weighted by Gasteiger charge is 2.40. The average molecular weight is 385 g/mol. The molecule has 0 radical (unpaired) electrons. The van der Waals surface area contributed by atoms with Crippen molar-refractivity contribution in [3.63, 3.8) is 0 Å². The number of amides is 1. The number of nitrogens with two attached hydrogens (primary N) is 3. The van der Waals surface area contributed by atoms with E-state index in [0.29, 0.717) is 0 Å². The lowest BCUT2D eigenvalue weighted by atomic mass is 9.87. The van der Waals surface area contributed by atoms with Crippen LogP contribution in [-0.4, -0.2) is 25.7 Å². The van der Waals surface area contributed by atoms with E-state index in [-0.39, 0.29) is 17.9 Å². The van der Waals surface area contributed by atoms with E-state index in [2.05, 4.69) is 0 Å². The summed E-state index contributed by atoms with van der Waals surface area (Å²) in [6, 6.07) is 0. The summed E-state index contributed by atoms with van der Waals surface area (Å²) in [5.41, 5.74) is 13.1. The van der Waals surface area contributed by atoms with E-state index in [1.54, 1.807) is 13.8 Å². The van der Waals surface area contributed by atoms with Gasteiger partial charge in [0.15, 0.2) is 5.56 Å². The lowest BCUT2D eigenvalue weighted by molar-refractivity contribution is -0.395. The zero-order valence-corrected chi connectivity index (χ0v) is 14.9. The Labute approximate surface area is 152 Å². The fourth-order valence-corrected chi connectivity index (χ4v) is 2.90. The highest BCUT2D eigenvalue weighted by molar-refractivity contribution is 7.81. The van der Waals surface area contributed by atoms with Gasteiger partial charge in [-0.1, -0.05) is 38.3 Å². The predicted molar refractivity (Wildman–Crippen MR) is 98.6 cm³/mol. The Morgan fingerprint density at radius 3 is 1.68 bits per heavy atom. The van der Waals surface area contributed by atoms with Crippen LogP contribution in [0.4, 0.5) is 11.4 Å². The van der Waals surface area contributed by atoms with Crippen molar-refractivity contribution in [1.82, 2.24) is 0 Å². The summed E-state index contributed by atoms with van der Waals surface area (Å²) >= 11 is 9.59. The van der Waals surface area contributed by atoms with Crippen molar-refractivity contribution in [3.8, 4) is 0 Å². The van der Waals surface area contributed by atoms with E-state index < -0.39 is 53.8 Å². The van der Waals surface area contributed by atoms with Crippen LogP contribution in [0.25, 0.3) is 0 Å². The van der Waals surface area contributed by atoms with Crippen molar-refractivity contribution in [2.75, 3.05) is 0 Å². The zero-order valence-electron chi connectivity index (χ0n) is 13.3. The summed E-state index contributed by atoms with van der Waals surface area (Å²) < 4.78 is 0. The zero-order chi connectivity index (χ0) is 19.6. The Bertz CT molecular complexity index is 769. The van der Waals surface area contributed by atoms with Gasteiger partial charge in [-0.15, -0.1) is 0 Å². The smallest absolute Gasteiger partial charge is 0.297 e. The van der Waals surface area contributed by atoms with Gasteiger partial charge in [-0.05, 0) is 12.3 Å². The molecular weight excluding hydrogens is 370 g/mol. The lowest BCUT2D eigenvalue weighted by Gasteiger charge is -2.17. The topological polar surface area (TPSA) is 181 Å². The number of benzene rings is 1. The van der Waals surface area contributed by atoms with Crippen LogP contribution < -0.4 is 17.2 Å². The minimum absolute atomic E-state index is 0.0117. The molecule has 1 rings (SSSR count). The fraction of sp³-hybridized carbons (Fsp3) is 0.308. The third-order valence-electron chi connectivity index (χ3n) is 3.26. The van der Waals surface area contributed by atoms with Gasteiger partial charge in [-0.2, -0.15) is 0 Å². The van der Waals surface area contributed by atoms with Gasteiger partial charge in [-0.3, -0.25) is 25.0 Å². The van der Waals surface area contributed by atoms with E-state index in [1.807, 2.05) is 0 Å². The molecule has 0 aliphatic rings. The first kappa shape index (κ1) is 20.3. The number of carbonyl (C=O) groups excluding carboxylic acids is 1. The molecule has 134 valence electrons. The summed E-state index contributed by atoms with van der Waals surface area (Å²) in [7, 11) is 0. The average Bonchev–Trinajstić information content (AvgIpc) is 2.43. The molecule has 0 bridgehead atoms. The molecule has 6 N–H and O–H groups in total. The van der Waals surface area contributed by atoms with Crippen molar-refractivity contribution >= 4 is 51.7 Å². The van der Waals surface area contributed by atoms with Crippen LogP contribution in [0.3, 0.4) is 0 Å². The normalized spacial score (nSPS) is 10.5. The molecule has 1 aromatic rings. The van der Waals surface area contributed by atoms with Crippen LogP contribution in [0.2, 0.25) is 0 Å². The van der Waals surface area contributed by atoms with E-state index in [9.17, 15) is 25.0 Å². The monoisotopic (exact) mass is 385 g/mol. The van der Waals surface area contributed by atoms with Crippen molar-refractivity contribution in [3.05, 3.63) is 42.5 Å². The molecule has 0 unspecified atom stereocenters. The molecule has 0 spiro atoms. The highest BCUT2D eigenvalue weighted by Crippen LogP contribution is 2.40. The Hall–Kier alpha value is -2.73. The van der Waals surface area contributed by atoms with Gasteiger partial charge in [0.25, 0.3) is 11.4 Å². The maximum Gasteiger partial charge on any atom is 0.297 e. The maximum atomic E-state index is 12.0. The van der Waals surface area contributed by atoms with E-state index in [0.717, 1.165) is 0 Å². The SMILES string of the molecule is CC(C)Cc1c(C(N)=O)c(C(N)=S)c([N+](=O)[O-])c(C(N)=S)c1[N+](=O)[O-]. The number of carbonyl (C=O) groups is 1. The molecule has 0 heterocycles. The van der Waals surface area contributed by atoms with Gasteiger partial charge < -0.3 is 17.2 Å². The second-order valence-corrected chi connectivity index (χ2v) is 6.39. The largest absolute Gasteiger partial charge is 0.389 e. The summed E-state index contributed by atoms with van der Waals surface area (Å²) in [6.07, 6.45) is 0.0117. The standard InChI is InChI=1S/C13H15N5O5S2/c1-4(2)3-5-6(11(14)19)7(12(15)24)10(18(22)23)8(13(16)25)9(5)17(20)21/h4H,3H2,1-2H3,(H2,14,19)(H2,15,24)(H2,16,25). The number of primary amides is 1. The van der Waals surface area contributed by atoms with Gasteiger partial charge in [0, 0.05) is 5.56 Å². The Balaban J connectivity index is 4.37. The van der Waals surface area contributed by atoms with Crippen LogP contribution in [0, 0.1) is 26.1 Å². The van der Waals surface area contributed by atoms with Gasteiger partial charge in [-0.25, -0.2) is 0 Å². The summed E-state index contributed by atoms with van der Waals surface area (Å²) in [5, 5.41) is 23.1. The first-order valence-corrected chi connectivity index (χ1v) is 7.64. The van der Waals surface area contributed by atoms with Crippen molar-refractivity contribution in [1.29, 1.82) is 0 Å². The van der Waals surface area contributed by atoms with Crippen LogP contribution >= 0.6 is 24.4 Å². The number of nitro benzene ring substituents is 2. The molecule has 0 fully saturated rings. The molecule has 10 nitrogen and oxygen atoms in total. The minimum atomic E-state index is -1.13. The van der Waals surface area contributed by atoms with E-state index >= 15 is 0 Å². The quantitative estimate of drug-likeness (QED) is 0.351. The molecule has 0 aromatic heterocycles. The summed E-state index contributed by atoms with van der Waals surface area (Å²) in [4.78, 5) is 32.2. The third kappa shape index (κ3) is 3.85. The number of hydrogen-bond donors (Lipinski definition) is 3. The Kier molecular flexibility index (Phi) is 6.05. The highest BCUT2D eigenvalue weighted by atomic mass is 32.1. The van der Waals surface area contributed by atoms with Gasteiger partial charge in [0.2, 0.25) is 5.91 Å². The molecule has 0 atom stereocenters. The second-order valence-electron chi connectivity index (χ2n) is 5.51. The molecule has 12 heteroatoms. The van der Waals surface area contributed by atoms with Crippen LogP contribution in [-0.2, 0) is 6.42 Å². The molecular formula is C13H15N5O5S2. The Morgan fingerprint density at radius 1 is 0.960 bits per heavy atom. The second kappa shape index (κ2) is 7.44. The van der Waals surface area contributed by atoms with Crippen LogP contribution in [0.5, 0.6) is 0 Å². The minimum Gasteiger partial charge on any atom is -0.389 e. The molecule has 1 aromatic carbocycles. The van der Waals surface area contributed by atoms with Gasteiger partial charge >= 0.3 is 0 Å². The molecule has 0 saturated carbocycles. The van der Waals surface area contributed by atoms with Crippen molar-refractivity contribution < 1.29 is 14.6 Å². The number of nitro groups is 2. The van der Waals surface area contributed by atoms with E-state index in [1.165, 1.54) is 0 Å². The first-order chi connectivity index (χ1) is 11.4. The van der Waals surface area contributed by atoms with Crippen LogP contribution in [0.15, 0.2) is 0 Å². The fourth-order valence-electron chi connectivity index (χ4n) is 2.51.